The van der Waals surface area contributed by atoms with Crippen LogP contribution in [0, 0.1) is 0 Å². The Labute approximate surface area is 144 Å². The summed E-state index contributed by atoms with van der Waals surface area (Å²) >= 11 is 6.56. The monoisotopic (exact) mass is 426 g/mol. The highest BCUT2D eigenvalue weighted by atomic mass is 79.9. The molecule has 0 saturated heterocycles. The van der Waals surface area contributed by atoms with Crippen LogP contribution < -0.4 is 10.2 Å². The molecular weight excluding hydrogens is 416 g/mol. The van der Waals surface area contributed by atoms with Crippen LogP contribution in [0.4, 0.5) is 0 Å². The maximum atomic E-state index is 11.9. The number of amides is 1. The lowest BCUT2D eigenvalue weighted by atomic mass is 10.2. The second-order valence-electron chi connectivity index (χ2n) is 4.25. The quantitative estimate of drug-likeness (QED) is 0.577. The fraction of sp³-hybridized carbons (Fsp3) is 0.0667. The highest BCUT2D eigenvalue weighted by Gasteiger charge is 2.06. The van der Waals surface area contributed by atoms with Crippen LogP contribution in [-0.4, -0.2) is 24.3 Å². The first-order chi connectivity index (χ1) is 10.5. The maximum Gasteiger partial charge on any atom is 0.271 e. The zero-order valence-electron chi connectivity index (χ0n) is 11.5. The number of nitrogens with one attached hydrogen (secondary N) is 1. The third-order valence-corrected chi connectivity index (χ3v) is 4.11. The van der Waals surface area contributed by atoms with Crippen LogP contribution in [0.25, 0.3) is 0 Å². The highest BCUT2D eigenvalue weighted by Crippen LogP contribution is 2.29. The lowest BCUT2D eigenvalue weighted by molar-refractivity contribution is 0.0955. The molecule has 0 bridgehead atoms. The van der Waals surface area contributed by atoms with Crippen LogP contribution in [0.5, 0.6) is 11.5 Å². The van der Waals surface area contributed by atoms with Gasteiger partial charge < -0.3 is 9.84 Å². The van der Waals surface area contributed by atoms with Crippen molar-refractivity contribution in [2.75, 3.05) is 7.11 Å². The SMILES string of the molecule is COc1ccc(C(=O)N/N=C\c2cc(O)c(Br)cc2Br)cc1. The minimum atomic E-state index is -0.337. The summed E-state index contributed by atoms with van der Waals surface area (Å²) in [6, 6.07) is 9.90. The van der Waals surface area contributed by atoms with Crippen molar-refractivity contribution >= 4 is 44.0 Å². The largest absolute Gasteiger partial charge is 0.507 e. The molecule has 114 valence electrons. The summed E-state index contributed by atoms with van der Waals surface area (Å²) in [5.74, 6) is 0.428. The standard InChI is InChI=1S/C15H12Br2N2O3/c1-22-11-4-2-9(3-5-11)15(21)19-18-8-10-6-14(20)13(17)7-12(10)16/h2-8,20H,1H3,(H,19,21)/b18-8-. The summed E-state index contributed by atoms with van der Waals surface area (Å²) in [5.41, 5.74) is 3.52. The Hall–Kier alpha value is -1.86. The van der Waals surface area contributed by atoms with Crippen molar-refractivity contribution in [1.29, 1.82) is 0 Å². The molecule has 0 saturated carbocycles. The van der Waals surface area contributed by atoms with Gasteiger partial charge in [-0.3, -0.25) is 4.79 Å². The zero-order chi connectivity index (χ0) is 16.1. The van der Waals surface area contributed by atoms with E-state index in [0.717, 1.165) is 4.47 Å². The zero-order valence-corrected chi connectivity index (χ0v) is 14.7. The molecule has 1 amide bonds. The Balaban J connectivity index is 2.05. The van der Waals surface area contributed by atoms with Crippen molar-refractivity contribution in [3.8, 4) is 11.5 Å². The van der Waals surface area contributed by atoms with E-state index in [1.54, 1.807) is 37.4 Å². The predicted octanol–water partition coefficient (Wildman–Crippen LogP) is 3.69. The average molecular weight is 428 g/mol. The van der Waals surface area contributed by atoms with Gasteiger partial charge in [0.2, 0.25) is 0 Å². The van der Waals surface area contributed by atoms with Crippen LogP contribution in [0.2, 0.25) is 0 Å². The number of nitrogens with zero attached hydrogens (tertiary/aromatic N) is 1. The summed E-state index contributed by atoms with van der Waals surface area (Å²) in [4.78, 5) is 11.9. The van der Waals surface area contributed by atoms with Crippen molar-refractivity contribution in [1.82, 2.24) is 5.43 Å². The third kappa shape index (κ3) is 4.08. The van der Waals surface area contributed by atoms with Gasteiger partial charge >= 0.3 is 0 Å². The number of methoxy groups -OCH3 is 1. The fourth-order valence-electron chi connectivity index (χ4n) is 1.62. The van der Waals surface area contributed by atoms with Crippen molar-refractivity contribution in [2.24, 2.45) is 5.10 Å². The first kappa shape index (κ1) is 16.5. The molecule has 0 spiro atoms. The molecule has 0 aliphatic heterocycles. The molecule has 0 unspecified atom stereocenters. The predicted molar refractivity (Wildman–Crippen MR) is 91.6 cm³/mol. The Kier molecular flexibility index (Phi) is 5.57. The Bertz CT molecular complexity index is 715. The maximum absolute atomic E-state index is 11.9. The molecule has 0 heterocycles. The minimum absolute atomic E-state index is 0.0890. The fourth-order valence-corrected chi connectivity index (χ4v) is 2.72. The van der Waals surface area contributed by atoms with E-state index in [4.69, 9.17) is 4.74 Å². The Morgan fingerprint density at radius 1 is 1.23 bits per heavy atom. The van der Waals surface area contributed by atoms with E-state index in [0.29, 0.717) is 21.3 Å². The number of phenols is 1. The molecule has 7 heteroatoms. The number of hydrazone groups is 1. The normalized spacial score (nSPS) is 10.7. The molecule has 22 heavy (non-hydrogen) atoms. The van der Waals surface area contributed by atoms with Gasteiger partial charge in [0.05, 0.1) is 17.8 Å². The van der Waals surface area contributed by atoms with Crippen LogP contribution in [-0.2, 0) is 0 Å². The van der Waals surface area contributed by atoms with E-state index in [2.05, 4.69) is 42.4 Å². The van der Waals surface area contributed by atoms with Gasteiger partial charge in [0, 0.05) is 15.6 Å². The summed E-state index contributed by atoms with van der Waals surface area (Å²) < 4.78 is 6.33. The molecule has 2 aromatic rings. The van der Waals surface area contributed by atoms with Gasteiger partial charge in [0.15, 0.2) is 0 Å². The van der Waals surface area contributed by atoms with E-state index in [1.165, 1.54) is 12.3 Å². The molecule has 0 aliphatic carbocycles. The van der Waals surface area contributed by atoms with E-state index < -0.39 is 0 Å². The molecule has 0 radical (unpaired) electrons. The number of aromatic hydroxyl groups is 1. The number of carbonyl (C=O) groups is 1. The lowest BCUT2D eigenvalue weighted by Crippen LogP contribution is -2.17. The van der Waals surface area contributed by atoms with Crippen molar-refractivity contribution < 1.29 is 14.6 Å². The van der Waals surface area contributed by atoms with E-state index >= 15 is 0 Å². The van der Waals surface area contributed by atoms with Crippen molar-refractivity contribution in [3.05, 3.63) is 56.5 Å². The van der Waals surface area contributed by atoms with Crippen molar-refractivity contribution in [3.63, 3.8) is 0 Å². The van der Waals surface area contributed by atoms with Crippen LogP contribution in [0.3, 0.4) is 0 Å². The van der Waals surface area contributed by atoms with E-state index in [-0.39, 0.29) is 11.7 Å². The number of hydrogen-bond acceptors (Lipinski definition) is 4. The van der Waals surface area contributed by atoms with Gasteiger partial charge in [-0.05, 0) is 52.3 Å². The first-order valence-electron chi connectivity index (χ1n) is 6.16. The second-order valence-corrected chi connectivity index (χ2v) is 5.96. The third-order valence-electron chi connectivity index (χ3n) is 2.79. The number of rotatable bonds is 4. The first-order valence-corrected chi connectivity index (χ1v) is 7.75. The molecule has 0 atom stereocenters. The summed E-state index contributed by atoms with van der Waals surface area (Å²) in [6.07, 6.45) is 1.44. The lowest BCUT2D eigenvalue weighted by Gasteiger charge is -2.03. The molecule has 2 N–H and O–H groups in total. The van der Waals surface area contributed by atoms with Gasteiger partial charge in [-0.2, -0.15) is 5.10 Å². The average Bonchev–Trinajstić information content (AvgIpc) is 2.52. The van der Waals surface area contributed by atoms with Crippen LogP contribution in [0.1, 0.15) is 15.9 Å². The van der Waals surface area contributed by atoms with Gasteiger partial charge in [-0.1, -0.05) is 15.9 Å². The molecule has 2 rings (SSSR count). The number of hydrogen-bond donors (Lipinski definition) is 2. The number of phenolic OH excluding ortho intramolecular Hbond substituents is 1. The Morgan fingerprint density at radius 3 is 2.55 bits per heavy atom. The van der Waals surface area contributed by atoms with E-state index in [9.17, 15) is 9.90 Å². The smallest absolute Gasteiger partial charge is 0.271 e. The van der Waals surface area contributed by atoms with Gasteiger partial charge in [-0.15, -0.1) is 0 Å². The molecular formula is C15H12Br2N2O3. The molecule has 0 aliphatic rings. The van der Waals surface area contributed by atoms with Crippen LogP contribution >= 0.6 is 31.9 Å². The summed E-state index contributed by atoms with van der Waals surface area (Å²) in [5, 5.41) is 13.5. The van der Waals surface area contributed by atoms with Gasteiger partial charge in [-0.25, -0.2) is 5.43 Å². The molecule has 5 nitrogen and oxygen atoms in total. The van der Waals surface area contributed by atoms with Crippen molar-refractivity contribution in [2.45, 2.75) is 0 Å². The van der Waals surface area contributed by atoms with E-state index in [1.807, 2.05) is 0 Å². The number of benzene rings is 2. The number of halogens is 2. The summed E-state index contributed by atoms with van der Waals surface area (Å²) in [7, 11) is 1.56. The minimum Gasteiger partial charge on any atom is -0.507 e. The van der Waals surface area contributed by atoms with Gasteiger partial charge in [0.1, 0.15) is 11.5 Å². The number of carbonyl (C=O) groups excluding carboxylic acids is 1. The molecule has 2 aromatic carbocycles. The van der Waals surface area contributed by atoms with Crippen LogP contribution in [0.15, 0.2) is 50.4 Å². The topological polar surface area (TPSA) is 70.9 Å². The second kappa shape index (κ2) is 7.42. The molecule has 0 aromatic heterocycles. The number of ether oxygens (including phenoxy) is 1. The molecule has 0 fully saturated rings. The highest BCUT2D eigenvalue weighted by molar-refractivity contribution is 9.11. The Morgan fingerprint density at radius 2 is 1.91 bits per heavy atom. The summed E-state index contributed by atoms with van der Waals surface area (Å²) in [6.45, 7) is 0. The van der Waals surface area contributed by atoms with Gasteiger partial charge in [0.25, 0.3) is 5.91 Å².